The Balaban J connectivity index is 2.67. The van der Waals surface area contributed by atoms with Crippen LogP contribution in [0.2, 0.25) is 0 Å². The van der Waals surface area contributed by atoms with Crippen LogP contribution in [0.25, 0.3) is 5.69 Å². The molecule has 3 nitrogen and oxygen atoms in total. The summed E-state index contributed by atoms with van der Waals surface area (Å²) in [7, 11) is 0. The molecule has 1 aromatic heterocycles. The van der Waals surface area contributed by atoms with E-state index in [2.05, 4.69) is 5.10 Å². The largest absolute Gasteiger partial charge is 0.294 e. The molecule has 17 heavy (non-hydrogen) atoms. The zero-order valence-electron chi connectivity index (χ0n) is 9.99. The van der Waals surface area contributed by atoms with E-state index in [9.17, 15) is 9.18 Å². The number of Topliss-reactive ketones (excluding diaryl/α,β-unsaturated/α-hetero) is 1. The normalized spacial score (nSPS) is 10.6. The zero-order chi connectivity index (χ0) is 12.6. The van der Waals surface area contributed by atoms with Gasteiger partial charge >= 0.3 is 0 Å². The summed E-state index contributed by atoms with van der Waals surface area (Å²) in [4.78, 5) is 11.5. The van der Waals surface area contributed by atoms with Crippen molar-refractivity contribution in [3.8, 4) is 5.69 Å². The van der Waals surface area contributed by atoms with Crippen molar-refractivity contribution in [3.63, 3.8) is 0 Å². The van der Waals surface area contributed by atoms with Gasteiger partial charge < -0.3 is 0 Å². The van der Waals surface area contributed by atoms with Crippen LogP contribution in [0, 0.1) is 19.7 Å². The van der Waals surface area contributed by atoms with E-state index in [-0.39, 0.29) is 11.6 Å². The van der Waals surface area contributed by atoms with Crippen LogP contribution in [-0.4, -0.2) is 15.6 Å². The maximum Gasteiger partial charge on any atom is 0.162 e. The standard InChI is InChI=1S/C13H13FN2O/c1-8-6-15-16(7-8)13-4-9(2)12(14)5-11(13)10(3)17/h4-7H,1-3H3. The fraction of sp³-hybridized carbons (Fsp3) is 0.231. The molecule has 1 aromatic carbocycles. The predicted octanol–water partition coefficient (Wildman–Crippen LogP) is 2.83. The highest BCUT2D eigenvalue weighted by atomic mass is 19.1. The van der Waals surface area contributed by atoms with Gasteiger partial charge in [0.25, 0.3) is 0 Å². The van der Waals surface area contributed by atoms with Gasteiger partial charge in [0.1, 0.15) is 5.82 Å². The van der Waals surface area contributed by atoms with Crippen molar-refractivity contribution in [2.45, 2.75) is 20.8 Å². The lowest BCUT2D eigenvalue weighted by Crippen LogP contribution is -2.06. The van der Waals surface area contributed by atoms with Gasteiger partial charge in [0, 0.05) is 11.8 Å². The molecule has 0 radical (unpaired) electrons. The third kappa shape index (κ3) is 2.11. The Labute approximate surface area is 98.9 Å². The van der Waals surface area contributed by atoms with Crippen LogP contribution in [0.3, 0.4) is 0 Å². The van der Waals surface area contributed by atoms with Crippen molar-refractivity contribution in [3.05, 3.63) is 47.0 Å². The summed E-state index contributed by atoms with van der Waals surface area (Å²) in [6.07, 6.45) is 3.50. The number of rotatable bonds is 2. The van der Waals surface area contributed by atoms with E-state index in [0.717, 1.165) is 5.56 Å². The van der Waals surface area contributed by atoms with E-state index >= 15 is 0 Å². The van der Waals surface area contributed by atoms with Crippen LogP contribution < -0.4 is 0 Å². The minimum absolute atomic E-state index is 0.174. The second-order valence-electron chi connectivity index (χ2n) is 4.14. The molecular formula is C13H13FN2O. The van der Waals surface area contributed by atoms with Crippen LogP contribution in [-0.2, 0) is 0 Å². The number of carbonyl (C=O) groups is 1. The Kier molecular flexibility index (Phi) is 2.79. The van der Waals surface area contributed by atoms with E-state index in [1.807, 2.05) is 6.92 Å². The van der Waals surface area contributed by atoms with Crippen molar-refractivity contribution in [1.29, 1.82) is 0 Å². The lowest BCUT2D eigenvalue weighted by atomic mass is 10.1. The minimum Gasteiger partial charge on any atom is -0.294 e. The number of hydrogen-bond acceptors (Lipinski definition) is 2. The van der Waals surface area contributed by atoms with Crippen LogP contribution in [0.15, 0.2) is 24.5 Å². The highest BCUT2D eigenvalue weighted by molar-refractivity contribution is 5.97. The van der Waals surface area contributed by atoms with Gasteiger partial charge in [0.15, 0.2) is 5.78 Å². The monoisotopic (exact) mass is 232 g/mol. The molecule has 0 amide bonds. The number of carbonyl (C=O) groups excluding carboxylic acids is 1. The Morgan fingerprint density at radius 3 is 2.59 bits per heavy atom. The van der Waals surface area contributed by atoms with E-state index in [1.165, 1.54) is 13.0 Å². The van der Waals surface area contributed by atoms with Gasteiger partial charge in [-0.2, -0.15) is 5.10 Å². The summed E-state index contributed by atoms with van der Waals surface area (Å²) >= 11 is 0. The molecule has 0 spiro atoms. The van der Waals surface area contributed by atoms with Crippen LogP contribution in [0.5, 0.6) is 0 Å². The maximum absolute atomic E-state index is 13.5. The highest BCUT2D eigenvalue weighted by Crippen LogP contribution is 2.20. The highest BCUT2D eigenvalue weighted by Gasteiger charge is 2.13. The predicted molar refractivity (Wildman–Crippen MR) is 63.0 cm³/mol. The van der Waals surface area contributed by atoms with Crippen LogP contribution in [0.4, 0.5) is 4.39 Å². The first kappa shape index (κ1) is 11.5. The molecule has 0 aliphatic carbocycles. The van der Waals surface area contributed by atoms with Gasteiger partial charge in [-0.05, 0) is 44.0 Å². The maximum atomic E-state index is 13.5. The SMILES string of the molecule is CC(=O)c1cc(F)c(C)cc1-n1cc(C)cn1. The average molecular weight is 232 g/mol. The molecule has 0 saturated heterocycles. The number of ketones is 1. The van der Waals surface area contributed by atoms with E-state index in [1.54, 1.807) is 30.1 Å². The Bertz CT molecular complexity index is 587. The number of aryl methyl sites for hydroxylation is 2. The van der Waals surface area contributed by atoms with E-state index in [0.29, 0.717) is 16.8 Å². The lowest BCUT2D eigenvalue weighted by Gasteiger charge is -2.09. The quantitative estimate of drug-likeness (QED) is 0.746. The fourth-order valence-electron chi connectivity index (χ4n) is 1.68. The van der Waals surface area contributed by atoms with Gasteiger partial charge in [-0.1, -0.05) is 0 Å². The summed E-state index contributed by atoms with van der Waals surface area (Å²) in [5.74, 6) is -0.546. The van der Waals surface area contributed by atoms with Gasteiger partial charge in [0.05, 0.1) is 11.9 Å². The molecule has 2 rings (SSSR count). The first-order valence-corrected chi connectivity index (χ1v) is 5.32. The molecule has 0 bridgehead atoms. The molecule has 0 aliphatic heterocycles. The van der Waals surface area contributed by atoms with E-state index < -0.39 is 0 Å². The van der Waals surface area contributed by atoms with Crippen molar-refractivity contribution in [1.82, 2.24) is 9.78 Å². The molecule has 2 aromatic rings. The summed E-state index contributed by atoms with van der Waals surface area (Å²) in [6.45, 7) is 5.00. The van der Waals surface area contributed by atoms with Crippen molar-refractivity contribution < 1.29 is 9.18 Å². The third-order valence-corrected chi connectivity index (χ3v) is 2.61. The number of benzene rings is 1. The Morgan fingerprint density at radius 2 is 2.06 bits per heavy atom. The van der Waals surface area contributed by atoms with Crippen LogP contribution >= 0.6 is 0 Å². The Morgan fingerprint density at radius 1 is 1.35 bits per heavy atom. The average Bonchev–Trinajstić information content (AvgIpc) is 2.68. The summed E-state index contributed by atoms with van der Waals surface area (Å²) < 4.78 is 15.1. The smallest absolute Gasteiger partial charge is 0.162 e. The van der Waals surface area contributed by atoms with Gasteiger partial charge in [-0.15, -0.1) is 0 Å². The molecule has 0 saturated carbocycles. The number of nitrogens with zero attached hydrogens (tertiary/aromatic N) is 2. The van der Waals surface area contributed by atoms with Gasteiger partial charge in [-0.25, -0.2) is 9.07 Å². The first-order valence-electron chi connectivity index (χ1n) is 5.32. The zero-order valence-corrected chi connectivity index (χ0v) is 9.99. The van der Waals surface area contributed by atoms with Crippen molar-refractivity contribution in [2.75, 3.05) is 0 Å². The van der Waals surface area contributed by atoms with Gasteiger partial charge in [-0.3, -0.25) is 4.79 Å². The lowest BCUT2D eigenvalue weighted by molar-refractivity contribution is 0.101. The van der Waals surface area contributed by atoms with E-state index in [4.69, 9.17) is 0 Å². The van der Waals surface area contributed by atoms with Crippen molar-refractivity contribution >= 4 is 5.78 Å². The minimum atomic E-state index is -0.372. The molecular weight excluding hydrogens is 219 g/mol. The summed E-state index contributed by atoms with van der Waals surface area (Å²) in [5, 5.41) is 4.14. The number of hydrogen-bond donors (Lipinski definition) is 0. The second kappa shape index (κ2) is 4.13. The molecule has 0 aliphatic rings. The molecule has 4 heteroatoms. The number of aromatic nitrogens is 2. The number of halogens is 1. The summed E-state index contributed by atoms with van der Waals surface area (Å²) in [5.41, 5.74) is 2.44. The fourth-order valence-corrected chi connectivity index (χ4v) is 1.68. The van der Waals surface area contributed by atoms with Crippen molar-refractivity contribution in [2.24, 2.45) is 0 Å². The molecule has 0 atom stereocenters. The molecule has 0 N–H and O–H groups in total. The molecule has 88 valence electrons. The van der Waals surface area contributed by atoms with Gasteiger partial charge in [0.2, 0.25) is 0 Å². The second-order valence-corrected chi connectivity index (χ2v) is 4.14. The first-order chi connectivity index (χ1) is 7.99. The molecule has 0 fully saturated rings. The topological polar surface area (TPSA) is 34.9 Å². The molecule has 0 unspecified atom stereocenters. The van der Waals surface area contributed by atoms with Crippen LogP contribution in [0.1, 0.15) is 28.4 Å². The third-order valence-electron chi connectivity index (χ3n) is 2.61. The summed E-state index contributed by atoms with van der Waals surface area (Å²) in [6, 6.07) is 2.91. The Hall–Kier alpha value is -1.97. The molecule has 1 heterocycles.